The van der Waals surface area contributed by atoms with Crippen LogP contribution in [0.3, 0.4) is 0 Å². The number of aromatic nitrogens is 2. The summed E-state index contributed by atoms with van der Waals surface area (Å²) in [6, 6.07) is 10.8. The number of benzene rings is 1. The van der Waals surface area contributed by atoms with Gasteiger partial charge in [0.2, 0.25) is 0 Å². The van der Waals surface area contributed by atoms with Crippen LogP contribution in [0.2, 0.25) is 0 Å². The van der Waals surface area contributed by atoms with Gasteiger partial charge in [-0.15, -0.1) is 22.7 Å². The minimum Gasteiger partial charge on any atom is -0.364 e. The second kappa shape index (κ2) is 6.84. The highest BCUT2D eigenvalue weighted by atomic mass is 32.2. The van der Waals surface area contributed by atoms with E-state index in [-0.39, 0.29) is 10.9 Å². The molecule has 9 heteroatoms. The Morgan fingerprint density at radius 3 is 2.77 bits per heavy atom. The monoisotopic (exact) mass is 405 g/mol. The maximum atomic E-state index is 12.7. The summed E-state index contributed by atoms with van der Waals surface area (Å²) in [6.07, 6.45) is 1.75. The lowest BCUT2D eigenvalue weighted by Gasteiger charge is -2.12. The Balaban J connectivity index is 1.88. The van der Waals surface area contributed by atoms with Gasteiger partial charge < -0.3 is 9.30 Å². The van der Waals surface area contributed by atoms with Gasteiger partial charge in [0.1, 0.15) is 15.9 Å². The summed E-state index contributed by atoms with van der Waals surface area (Å²) in [5.41, 5.74) is 2.16. The average Bonchev–Trinajstić information content (AvgIpc) is 3.36. The number of nitrogens with zero attached hydrogens (tertiary/aromatic N) is 2. The van der Waals surface area contributed by atoms with Gasteiger partial charge in [-0.1, -0.05) is 18.2 Å². The lowest BCUT2D eigenvalue weighted by Crippen LogP contribution is -2.13. The molecule has 1 aromatic carbocycles. The third-order valence-corrected chi connectivity index (χ3v) is 7.39. The molecule has 0 aliphatic carbocycles. The number of ether oxygens (including phenoxy) is 1. The first-order valence-electron chi connectivity index (χ1n) is 7.67. The fraction of sp³-hybridized carbons (Fsp3) is 0.118. The normalized spacial score (nSPS) is 11.9. The van der Waals surface area contributed by atoms with Crippen molar-refractivity contribution in [3.05, 3.63) is 53.4 Å². The Bertz CT molecular complexity index is 1130. The third-order valence-electron chi connectivity index (χ3n) is 3.83. The molecule has 1 N–H and O–H groups in total. The van der Waals surface area contributed by atoms with E-state index < -0.39 is 10.0 Å². The lowest BCUT2D eigenvalue weighted by atomic mass is 10.2. The minimum absolute atomic E-state index is 0.277. The van der Waals surface area contributed by atoms with Gasteiger partial charge in [0, 0.05) is 24.1 Å². The molecule has 0 spiro atoms. The van der Waals surface area contributed by atoms with Gasteiger partial charge in [-0.2, -0.15) is 0 Å². The maximum absolute atomic E-state index is 12.7. The van der Waals surface area contributed by atoms with Crippen molar-refractivity contribution >= 4 is 49.3 Å². The topological polar surface area (TPSA) is 73.2 Å². The Kier molecular flexibility index (Phi) is 4.53. The highest BCUT2D eigenvalue weighted by Crippen LogP contribution is 2.34. The second-order valence-electron chi connectivity index (χ2n) is 5.49. The van der Waals surface area contributed by atoms with Crippen molar-refractivity contribution in [3.8, 4) is 10.7 Å². The fourth-order valence-electron chi connectivity index (χ4n) is 2.81. The van der Waals surface area contributed by atoms with Gasteiger partial charge in [0.15, 0.2) is 0 Å². The Labute approximate surface area is 158 Å². The van der Waals surface area contributed by atoms with Crippen LogP contribution in [0.5, 0.6) is 0 Å². The van der Waals surface area contributed by atoms with Crippen LogP contribution in [-0.2, 0) is 21.5 Å². The van der Waals surface area contributed by atoms with Gasteiger partial charge in [0.25, 0.3) is 10.0 Å². The van der Waals surface area contributed by atoms with E-state index in [0.717, 1.165) is 21.6 Å². The molecule has 0 amide bonds. The molecule has 26 heavy (non-hydrogen) atoms. The number of rotatable bonds is 6. The Morgan fingerprint density at radius 2 is 2.08 bits per heavy atom. The molecule has 0 saturated carbocycles. The van der Waals surface area contributed by atoms with E-state index in [4.69, 9.17) is 4.74 Å². The molecule has 0 unspecified atom stereocenters. The standard InChI is InChI=1S/C17H15N3O3S3/c1-23-11-20-14(17-18-7-9-25-17)10-12-4-2-5-13(16(12)20)19-26(21,22)15-6-3-8-24-15/h2-10,19H,11H2,1H3. The number of hydrogen-bond acceptors (Lipinski definition) is 6. The molecule has 4 aromatic rings. The summed E-state index contributed by atoms with van der Waals surface area (Å²) in [6.45, 7) is 0.288. The average molecular weight is 406 g/mol. The van der Waals surface area contributed by atoms with Crippen molar-refractivity contribution in [1.82, 2.24) is 9.55 Å². The zero-order valence-corrected chi connectivity index (χ0v) is 16.2. The van der Waals surface area contributed by atoms with Crippen molar-refractivity contribution in [1.29, 1.82) is 0 Å². The van der Waals surface area contributed by atoms with E-state index in [9.17, 15) is 8.42 Å². The lowest BCUT2D eigenvalue weighted by molar-refractivity contribution is 0.136. The molecule has 3 heterocycles. The van der Waals surface area contributed by atoms with Crippen LogP contribution in [0.4, 0.5) is 5.69 Å². The van der Waals surface area contributed by atoms with E-state index in [1.54, 1.807) is 36.9 Å². The summed E-state index contributed by atoms with van der Waals surface area (Å²) in [7, 11) is -2.03. The van der Waals surface area contributed by atoms with Gasteiger partial charge in [-0.25, -0.2) is 13.4 Å². The first-order chi connectivity index (χ1) is 12.6. The number of thiazole rings is 1. The van der Waals surface area contributed by atoms with Crippen LogP contribution in [-0.4, -0.2) is 25.1 Å². The molecular formula is C17H15N3O3S3. The van der Waals surface area contributed by atoms with Crippen molar-refractivity contribution in [2.45, 2.75) is 10.9 Å². The van der Waals surface area contributed by atoms with Crippen LogP contribution in [0.1, 0.15) is 0 Å². The van der Waals surface area contributed by atoms with Crippen LogP contribution in [0, 0.1) is 0 Å². The SMILES string of the molecule is COCn1c(-c2nccs2)cc2cccc(NS(=O)(=O)c3cccs3)c21. The zero-order valence-electron chi connectivity index (χ0n) is 13.7. The molecule has 0 aliphatic rings. The molecule has 134 valence electrons. The number of methoxy groups -OCH3 is 1. The summed E-state index contributed by atoms with van der Waals surface area (Å²) in [4.78, 5) is 4.37. The van der Waals surface area contributed by atoms with Crippen LogP contribution < -0.4 is 4.72 Å². The molecule has 0 saturated heterocycles. The number of hydrogen-bond donors (Lipinski definition) is 1. The van der Waals surface area contributed by atoms with E-state index >= 15 is 0 Å². The van der Waals surface area contributed by atoms with Crippen molar-refractivity contribution in [2.75, 3.05) is 11.8 Å². The van der Waals surface area contributed by atoms with Gasteiger partial charge in [-0.05, 0) is 23.6 Å². The highest BCUT2D eigenvalue weighted by molar-refractivity contribution is 7.94. The molecule has 0 atom stereocenters. The molecule has 4 rings (SSSR count). The van der Waals surface area contributed by atoms with E-state index in [0.29, 0.717) is 5.69 Å². The van der Waals surface area contributed by atoms with E-state index in [1.165, 1.54) is 22.7 Å². The molecule has 3 aromatic heterocycles. The van der Waals surface area contributed by atoms with Crippen LogP contribution in [0.25, 0.3) is 21.6 Å². The summed E-state index contributed by atoms with van der Waals surface area (Å²) in [5.74, 6) is 0. The molecule has 0 radical (unpaired) electrons. The summed E-state index contributed by atoms with van der Waals surface area (Å²) < 4.78 is 35.6. The maximum Gasteiger partial charge on any atom is 0.271 e. The number of sulfonamides is 1. The quantitative estimate of drug-likeness (QED) is 0.521. The highest BCUT2D eigenvalue weighted by Gasteiger charge is 2.20. The predicted molar refractivity (Wildman–Crippen MR) is 105 cm³/mol. The third kappa shape index (κ3) is 3.03. The summed E-state index contributed by atoms with van der Waals surface area (Å²) in [5, 5.41) is 5.41. The zero-order chi connectivity index (χ0) is 18.1. The predicted octanol–water partition coefficient (Wildman–Crippen LogP) is 4.23. The van der Waals surface area contributed by atoms with E-state index in [2.05, 4.69) is 9.71 Å². The molecule has 0 bridgehead atoms. The number of fused-ring (bicyclic) bond motifs is 1. The molecule has 6 nitrogen and oxygen atoms in total. The van der Waals surface area contributed by atoms with Crippen LogP contribution >= 0.6 is 22.7 Å². The minimum atomic E-state index is -3.64. The van der Waals surface area contributed by atoms with Crippen molar-refractivity contribution in [2.24, 2.45) is 0 Å². The van der Waals surface area contributed by atoms with Gasteiger partial charge in [0.05, 0.1) is 16.9 Å². The second-order valence-corrected chi connectivity index (χ2v) is 9.25. The fourth-order valence-corrected chi connectivity index (χ4v) is 5.53. The largest absolute Gasteiger partial charge is 0.364 e. The first-order valence-corrected chi connectivity index (χ1v) is 10.9. The van der Waals surface area contributed by atoms with Gasteiger partial charge >= 0.3 is 0 Å². The smallest absolute Gasteiger partial charge is 0.271 e. The Morgan fingerprint density at radius 1 is 1.19 bits per heavy atom. The van der Waals surface area contributed by atoms with Crippen molar-refractivity contribution < 1.29 is 13.2 Å². The number of para-hydroxylation sites is 1. The number of nitrogens with one attached hydrogen (secondary N) is 1. The molecule has 0 fully saturated rings. The van der Waals surface area contributed by atoms with E-state index in [1.807, 2.05) is 28.1 Å². The number of anilines is 1. The number of thiophene rings is 1. The van der Waals surface area contributed by atoms with Crippen molar-refractivity contribution in [3.63, 3.8) is 0 Å². The molecular weight excluding hydrogens is 390 g/mol. The first kappa shape index (κ1) is 17.2. The van der Waals surface area contributed by atoms with Crippen LogP contribution in [0.15, 0.2) is 57.6 Å². The van der Waals surface area contributed by atoms with Gasteiger partial charge in [-0.3, -0.25) is 4.72 Å². The molecule has 0 aliphatic heterocycles. The Hall–Kier alpha value is -2.20. The summed E-state index contributed by atoms with van der Waals surface area (Å²) >= 11 is 2.71.